The van der Waals surface area contributed by atoms with Crippen LogP contribution in [-0.2, 0) is 11.3 Å². The summed E-state index contributed by atoms with van der Waals surface area (Å²) in [7, 11) is 1.80. The molecule has 0 aromatic heterocycles. The number of halogens is 1. The lowest BCUT2D eigenvalue weighted by atomic mass is 9.93. The smallest absolute Gasteiger partial charge is 0.0825 e. The summed E-state index contributed by atoms with van der Waals surface area (Å²) in [5, 5.41) is 4.32. The zero-order chi connectivity index (χ0) is 15.5. The summed E-state index contributed by atoms with van der Waals surface area (Å²) < 4.78 is 5.71. The molecule has 0 radical (unpaired) electrons. The van der Waals surface area contributed by atoms with Crippen molar-refractivity contribution in [2.45, 2.75) is 51.8 Å². The number of nitrogens with one attached hydrogen (secondary N) is 1. The Balaban J connectivity index is 2.25. The number of hydrogen-bond acceptors (Lipinski definition) is 3. The van der Waals surface area contributed by atoms with E-state index in [0.29, 0.717) is 6.04 Å². The third kappa shape index (κ3) is 4.12. The van der Waals surface area contributed by atoms with Crippen LogP contribution in [0.5, 0.6) is 0 Å². The molecule has 21 heavy (non-hydrogen) atoms. The summed E-state index contributed by atoms with van der Waals surface area (Å²) in [6.07, 6.45) is 2.23. The van der Waals surface area contributed by atoms with Crippen LogP contribution in [0.2, 0.25) is 5.02 Å². The lowest BCUT2D eigenvalue weighted by Gasteiger charge is -2.41. The Labute approximate surface area is 133 Å². The lowest BCUT2D eigenvalue weighted by molar-refractivity contribution is -0.00468. The molecule has 1 aliphatic heterocycles. The van der Waals surface area contributed by atoms with Gasteiger partial charge in [0.15, 0.2) is 0 Å². The molecule has 3 nitrogen and oxygen atoms in total. The van der Waals surface area contributed by atoms with Crippen molar-refractivity contribution in [3.05, 3.63) is 28.8 Å². The van der Waals surface area contributed by atoms with Crippen LogP contribution in [0.1, 0.15) is 39.2 Å². The second-order valence-electron chi connectivity index (χ2n) is 6.46. The van der Waals surface area contributed by atoms with Gasteiger partial charge in [0.25, 0.3) is 0 Å². The lowest BCUT2D eigenvalue weighted by Crippen LogP contribution is -2.48. The van der Waals surface area contributed by atoms with Gasteiger partial charge in [-0.15, -0.1) is 0 Å². The highest BCUT2D eigenvalue weighted by atomic mass is 35.5. The SMILES string of the molecule is COC1(C)CCCN(c2c(Cl)cccc2CNC(C)C)C1. The maximum Gasteiger partial charge on any atom is 0.0825 e. The Morgan fingerprint density at radius 1 is 1.43 bits per heavy atom. The molecule has 0 saturated carbocycles. The number of ether oxygens (including phenoxy) is 1. The second kappa shape index (κ2) is 6.99. The molecule has 1 aromatic carbocycles. The number of hydrogen-bond donors (Lipinski definition) is 1. The molecule has 1 N–H and O–H groups in total. The zero-order valence-electron chi connectivity index (χ0n) is 13.6. The van der Waals surface area contributed by atoms with Crippen molar-refractivity contribution >= 4 is 17.3 Å². The first-order valence-electron chi connectivity index (χ1n) is 7.76. The summed E-state index contributed by atoms with van der Waals surface area (Å²) in [4.78, 5) is 2.38. The molecule has 0 amide bonds. The van der Waals surface area contributed by atoms with Crippen molar-refractivity contribution in [3.8, 4) is 0 Å². The predicted octanol–water partition coefficient (Wildman–Crippen LogP) is 3.84. The highest BCUT2D eigenvalue weighted by Gasteiger charge is 2.32. The molecule has 1 fully saturated rings. The van der Waals surface area contributed by atoms with Crippen LogP contribution in [0, 0.1) is 0 Å². The van der Waals surface area contributed by atoms with E-state index in [0.717, 1.165) is 43.2 Å². The van der Waals surface area contributed by atoms with Gasteiger partial charge in [0.2, 0.25) is 0 Å². The maximum absolute atomic E-state index is 6.50. The Morgan fingerprint density at radius 3 is 2.86 bits per heavy atom. The number of methoxy groups -OCH3 is 1. The molecule has 1 saturated heterocycles. The van der Waals surface area contributed by atoms with Crippen molar-refractivity contribution in [1.29, 1.82) is 0 Å². The standard InChI is InChI=1S/C17H27ClN2O/c1-13(2)19-11-14-7-5-8-15(18)16(14)20-10-6-9-17(3,12-20)21-4/h5,7-8,13,19H,6,9-12H2,1-4H3. The molecule has 1 unspecified atom stereocenters. The van der Waals surface area contributed by atoms with Crippen LogP contribution in [0.4, 0.5) is 5.69 Å². The van der Waals surface area contributed by atoms with Gasteiger partial charge in [-0.1, -0.05) is 37.6 Å². The molecule has 2 rings (SSSR count). The Morgan fingerprint density at radius 2 is 2.19 bits per heavy atom. The number of nitrogens with zero attached hydrogens (tertiary/aromatic N) is 1. The van der Waals surface area contributed by atoms with E-state index in [1.165, 1.54) is 5.56 Å². The summed E-state index contributed by atoms with van der Waals surface area (Å²) in [6, 6.07) is 6.63. The van der Waals surface area contributed by atoms with E-state index >= 15 is 0 Å². The van der Waals surface area contributed by atoms with Gasteiger partial charge in [-0.3, -0.25) is 0 Å². The summed E-state index contributed by atoms with van der Waals surface area (Å²) in [5.74, 6) is 0. The van der Waals surface area contributed by atoms with E-state index in [4.69, 9.17) is 16.3 Å². The number of rotatable bonds is 5. The number of anilines is 1. The minimum Gasteiger partial charge on any atom is -0.377 e. The van der Waals surface area contributed by atoms with Crippen molar-refractivity contribution in [3.63, 3.8) is 0 Å². The third-order valence-corrected chi connectivity index (χ3v) is 4.54. The van der Waals surface area contributed by atoms with Crippen molar-refractivity contribution < 1.29 is 4.74 Å². The van der Waals surface area contributed by atoms with E-state index in [1.807, 2.05) is 12.1 Å². The minimum atomic E-state index is -0.0832. The van der Waals surface area contributed by atoms with Crippen LogP contribution >= 0.6 is 11.6 Å². The molecular weight excluding hydrogens is 284 g/mol. The van der Waals surface area contributed by atoms with Crippen LogP contribution < -0.4 is 10.2 Å². The van der Waals surface area contributed by atoms with Gasteiger partial charge in [0, 0.05) is 32.8 Å². The first-order valence-corrected chi connectivity index (χ1v) is 8.14. The predicted molar refractivity (Wildman–Crippen MR) is 90.3 cm³/mol. The first kappa shape index (κ1) is 16.6. The van der Waals surface area contributed by atoms with E-state index in [1.54, 1.807) is 7.11 Å². The summed E-state index contributed by atoms with van der Waals surface area (Å²) in [5.41, 5.74) is 2.34. The zero-order valence-corrected chi connectivity index (χ0v) is 14.3. The molecule has 4 heteroatoms. The number of benzene rings is 1. The maximum atomic E-state index is 6.50. The quantitative estimate of drug-likeness (QED) is 0.894. The van der Waals surface area contributed by atoms with Crippen molar-refractivity contribution in [2.24, 2.45) is 0 Å². The highest BCUT2D eigenvalue weighted by molar-refractivity contribution is 6.33. The minimum absolute atomic E-state index is 0.0832. The Hall–Kier alpha value is -0.770. The monoisotopic (exact) mass is 310 g/mol. The van der Waals surface area contributed by atoms with Gasteiger partial charge < -0.3 is 15.0 Å². The van der Waals surface area contributed by atoms with Crippen LogP contribution in [0.3, 0.4) is 0 Å². The highest BCUT2D eigenvalue weighted by Crippen LogP contribution is 2.35. The van der Waals surface area contributed by atoms with Crippen molar-refractivity contribution in [2.75, 3.05) is 25.1 Å². The topological polar surface area (TPSA) is 24.5 Å². The molecule has 1 atom stereocenters. The average molecular weight is 311 g/mol. The fourth-order valence-electron chi connectivity index (χ4n) is 2.93. The molecule has 0 spiro atoms. The molecule has 1 heterocycles. The first-order chi connectivity index (χ1) is 9.95. The summed E-state index contributed by atoms with van der Waals surface area (Å²) in [6.45, 7) is 9.27. The third-order valence-electron chi connectivity index (χ3n) is 4.24. The van der Waals surface area contributed by atoms with E-state index in [2.05, 4.69) is 37.1 Å². The Kier molecular flexibility index (Phi) is 5.53. The molecular formula is C17H27ClN2O. The molecule has 1 aromatic rings. The number of piperidine rings is 1. The Bertz CT molecular complexity index is 478. The van der Waals surface area contributed by atoms with Gasteiger partial charge >= 0.3 is 0 Å². The van der Waals surface area contributed by atoms with Crippen LogP contribution in [0.15, 0.2) is 18.2 Å². The molecule has 1 aliphatic rings. The number of para-hydroxylation sites is 1. The van der Waals surface area contributed by atoms with E-state index in [9.17, 15) is 0 Å². The largest absolute Gasteiger partial charge is 0.377 e. The van der Waals surface area contributed by atoms with Gasteiger partial charge in [0.05, 0.1) is 16.3 Å². The van der Waals surface area contributed by atoms with Gasteiger partial charge in [-0.2, -0.15) is 0 Å². The molecule has 0 aliphatic carbocycles. The van der Waals surface area contributed by atoms with Gasteiger partial charge in [-0.05, 0) is 31.4 Å². The fourth-order valence-corrected chi connectivity index (χ4v) is 3.25. The van der Waals surface area contributed by atoms with Crippen LogP contribution in [-0.4, -0.2) is 31.8 Å². The van der Waals surface area contributed by atoms with Gasteiger partial charge in [-0.25, -0.2) is 0 Å². The van der Waals surface area contributed by atoms with E-state index < -0.39 is 0 Å². The van der Waals surface area contributed by atoms with Crippen molar-refractivity contribution in [1.82, 2.24) is 5.32 Å². The average Bonchev–Trinajstić information content (AvgIpc) is 2.45. The van der Waals surface area contributed by atoms with E-state index in [-0.39, 0.29) is 5.60 Å². The molecule has 118 valence electrons. The summed E-state index contributed by atoms with van der Waals surface area (Å²) >= 11 is 6.50. The normalized spacial score (nSPS) is 22.9. The van der Waals surface area contributed by atoms with Crippen LogP contribution in [0.25, 0.3) is 0 Å². The fraction of sp³-hybridized carbons (Fsp3) is 0.647. The van der Waals surface area contributed by atoms with Gasteiger partial charge in [0.1, 0.15) is 0 Å². The second-order valence-corrected chi connectivity index (χ2v) is 6.87. The molecule has 0 bridgehead atoms.